The Bertz CT molecular complexity index is 133. The van der Waals surface area contributed by atoms with Gasteiger partial charge in [-0.15, -0.1) is 0 Å². The lowest BCUT2D eigenvalue weighted by Crippen LogP contribution is -2.36. The third-order valence-corrected chi connectivity index (χ3v) is 2.29. The number of nitrogens with one attached hydrogen (secondary N) is 2. The van der Waals surface area contributed by atoms with E-state index in [9.17, 15) is 0 Å². The van der Waals surface area contributed by atoms with Gasteiger partial charge in [0.2, 0.25) is 0 Å². The maximum Gasteiger partial charge on any atom is 0.0952 e. The summed E-state index contributed by atoms with van der Waals surface area (Å²) < 4.78 is 0. The molecule has 0 aliphatic heterocycles. The number of hydrogen-bond donors (Lipinski definition) is 3. The summed E-state index contributed by atoms with van der Waals surface area (Å²) in [5, 5.41) is 10.4. The first-order valence-electron chi connectivity index (χ1n) is 3.77. The van der Waals surface area contributed by atoms with Crippen molar-refractivity contribution < 1.29 is 0 Å². The second kappa shape index (κ2) is 3.01. The van der Waals surface area contributed by atoms with Crippen LogP contribution in [0.25, 0.3) is 0 Å². The Morgan fingerprint density at radius 3 is 2.70 bits per heavy atom. The maximum absolute atomic E-state index is 7.26. The van der Waals surface area contributed by atoms with Crippen LogP contribution in [0.15, 0.2) is 0 Å². The molecule has 0 spiro atoms. The molecule has 0 unspecified atom stereocenters. The molecule has 1 rings (SSSR count). The topological polar surface area (TPSA) is 61.9 Å². The van der Waals surface area contributed by atoms with Gasteiger partial charge < -0.3 is 11.1 Å². The van der Waals surface area contributed by atoms with E-state index in [1.807, 2.05) is 7.05 Å². The van der Waals surface area contributed by atoms with Crippen molar-refractivity contribution in [3.8, 4) is 0 Å². The molecular weight excluding hydrogens is 126 g/mol. The molecule has 0 amide bonds. The summed E-state index contributed by atoms with van der Waals surface area (Å²) in [6, 6.07) is 0.456. The molecule has 1 saturated carbocycles. The molecule has 0 aromatic rings. The van der Waals surface area contributed by atoms with Gasteiger partial charge in [0.15, 0.2) is 0 Å². The van der Waals surface area contributed by atoms with E-state index in [0.717, 1.165) is 6.42 Å². The SMILES string of the molecule is CN[C@@H]1CCC[C@@H]1C(=N)N. The first kappa shape index (κ1) is 7.54. The lowest BCUT2D eigenvalue weighted by molar-refractivity contribution is 0.516. The summed E-state index contributed by atoms with van der Waals surface area (Å²) in [4.78, 5) is 0. The van der Waals surface area contributed by atoms with Crippen LogP contribution in [-0.2, 0) is 0 Å². The van der Waals surface area contributed by atoms with Gasteiger partial charge in [0.05, 0.1) is 5.84 Å². The third kappa shape index (κ3) is 1.29. The molecule has 3 nitrogen and oxygen atoms in total. The molecule has 3 heteroatoms. The van der Waals surface area contributed by atoms with Gasteiger partial charge in [-0.2, -0.15) is 0 Å². The number of hydrogen-bond acceptors (Lipinski definition) is 2. The molecule has 0 bridgehead atoms. The Morgan fingerprint density at radius 1 is 1.60 bits per heavy atom. The monoisotopic (exact) mass is 141 g/mol. The molecule has 58 valence electrons. The van der Waals surface area contributed by atoms with E-state index in [1.54, 1.807) is 0 Å². The van der Waals surface area contributed by atoms with Gasteiger partial charge in [-0.3, -0.25) is 5.41 Å². The van der Waals surface area contributed by atoms with Crippen molar-refractivity contribution in [3.63, 3.8) is 0 Å². The van der Waals surface area contributed by atoms with Crippen LogP contribution in [0.2, 0.25) is 0 Å². The van der Waals surface area contributed by atoms with Crippen molar-refractivity contribution in [1.82, 2.24) is 5.32 Å². The van der Waals surface area contributed by atoms with Crippen molar-refractivity contribution in [2.75, 3.05) is 7.05 Å². The molecule has 4 N–H and O–H groups in total. The van der Waals surface area contributed by atoms with Crippen molar-refractivity contribution in [1.29, 1.82) is 5.41 Å². The predicted molar refractivity (Wildman–Crippen MR) is 42.1 cm³/mol. The first-order chi connectivity index (χ1) is 4.75. The van der Waals surface area contributed by atoms with Gasteiger partial charge in [-0.1, -0.05) is 6.42 Å². The zero-order valence-electron chi connectivity index (χ0n) is 6.35. The molecule has 1 fully saturated rings. The minimum absolute atomic E-state index is 0.296. The highest BCUT2D eigenvalue weighted by molar-refractivity contribution is 5.80. The average Bonchev–Trinajstić information content (AvgIpc) is 2.33. The van der Waals surface area contributed by atoms with Gasteiger partial charge >= 0.3 is 0 Å². The van der Waals surface area contributed by atoms with E-state index in [1.165, 1.54) is 12.8 Å². The van der Waals surface area contributed by atoms with E-state index in [-0.39, 0.29) is 0 Å². The summed E-state index contributed by atoms with van der Waals surface area (Å²) in [5.41, 5.74) is 5.41. The van der Waals surface area contributed by atoms with Crippen molar-refractivity contribution in [2.45, 2.75) is 25.3 Å². The highest BCUT2D eigenvalue weighted by atomic mass is 14.9. The second-order valence-corrected chi connectivity index (χ2v) is 2.89. The van der Waals surface area contributed by atoms with E-state index in [2.05, 4.69) is 5.32 Å². The van der Waals surface area contributed by atoms with Gasteiger partial charge in [0.1, 0.15) is 0 Å². The predicted octanol–water partition coefficient (Wildman–Crippen LogP) is 0.310. The van der Waals surface area contributed by atoms with Crippen LogP contribution < -0.4 is 11.1 Å². The molecule has 0 heterocycles. The molecule has 0 radical (unpaired) electrons. The number of nitrogens with two attached hydrogens (primary N) is 1. The fourth-order valence-electron chi connectivity index (χ4n) is 1.68. The molecule has 0 saturated heterocycles. The van der Waals surface area contributed by atoms with E-state index >= 15 is 0 Å². The Balaban J connectivity index is 2.50. The van der Waals surface area contributed by atoms with Crippen LogP contribution in [-0.4, -0.2) is 18.9 Å². The van der Waals surface area contributed by atoms with Crippen molar-refractivity contribution in [3.05, 3.63) is 0 Å². The Labute approximate surface area is 61.5 Å². The summed E-state index contributed by atoms with van der Waals surface area (Å²) in [6.45, 7) is 0. The first-order valence-corrected chi connectivity index (χ1v) is 3.77. The lowest BCUT2D eigenvalue weighted by Gasteiger charge is -2.16. The highest BCUT2D eigenvalue weighted by Gasteiger charge is 2.27. The van der Waals surface area contributed by atoms with E-state index in [4.69, 9.17) is 11.1 Å². The Morgan fingerprint density at radius 2 is 2.30 bits per heavy atom. The zero-order valence-corrected chi connectivity index (χ0v) is 6.35. The van der Waals surface area contributed by atoms with Gasteiger partial charge in [0, 0.05) is 12.0 Å². The standard InChI is InChI=1S/C7H15N3/c1-10-6-4-2-3-5(6)7(8)9/h5-6,10H,2-4H2,1H3,(H3,8,9)/t5-,6+/m0/s1. The number of amidine groups is 1. The van der Waals surface area contributed by atoms with Gasteiger partial charge in [-0.05, 0) is 19.9 Å². The van der Waals surface area contributed by atoms with Crippen LogP contribution in [0.4, 0.5) is 0 Å². The molecule has 10 heavy (non-hydrogen) atoms. The fraction of sp³-hybridized carbons (Fsp3) is 0.857. The summed E-state index contributed by atoms with van der Waals surface area (Å²) in [6.07, 6.45) is 3.46. The quantitative estimate of drug-likeness (QED) is 0.383. The largest absolute Gasteiger partial charge is 0.387 e. The van der Waals surface area contributed by atoms with Crippen LogP contribution in [0.5, 0.6) is 0 Å². The summed E-state index contributed by atoms with van der Waals surface area (Å²) in [5.74, 6) is 0.641. The molecule has 1 aliphatic carbocycles. The third-order valence-electron chi connectivity index (χ3n) is 2.29. The minimum atomic E-state index is 0.296. The van der Waals surface area contributed by atoms with Crippen LogP contribution in [0, 0.1) is 11.3 Å². The van der Waals surface area contributed by atoms with Crippen LogP contribution >= 0.6 is 0 Å². The molecule has 1 aliphatic rings. The highest BCUT2D eigenvalue weighted by Crippen LogP contribution is 2.24. The Hall–Kier alpha value is -0.570. The van der Waals surface area contributed by atoms with E-state index < -0.39 is 0 Å². The minimum Gasteiger partial charge on any atom is -0.387 e. The molecular formula is C7H15N3. The summed E-state index contributed by atoms with van der Waals surface area (Å²) in [7, 11) is 1.94. The van der Waals surface area contributed by atoms with Crippen molar-refractivity contribution >= 4 is 5.84 Å². The maximum atomic E-state index is 7.26. The second-order valence-electron chi connectivity index (χ2n) is 2.89. The van der Waals surface area contributed by atoms with E-state index in [0.29, 0.717) is 17.8 Å². The van der Waals surface area contributed by atoms with Gasteiger partial charge in [0.25, 0.3) is 0 Å². The summed E-state index contributed by atoms with van der Waals surface area (Å²) >= 11 is 0. The molecule has 0 aromatic heterocycles. The smallest absolute Gasteiger partial charge is 0.0952 e. The zero-order chi connectivity index (χ0) is 7.56. The lowest BCUT2D eigenvalue weighted by atomic mass is 10.0. The van der Waals surface area contributed by atoms with Gasteiger partial charge in [-0.25, -0.2) is 0 Å². The van der Waals surface area contributed by atoms with Crippen molar-refractivity contribution in [2.24, 2.45) is 11.7 Å². The average molecular weight is 141 g/mol. The normalized spacial score (nSPS) is 32.5. The molecule has 0 aromatic carbocycles. The number of rotatable bonds is 2. The fourth-order valence-corrected chi connectivity index (χ4v) is 1.68. The van der Waals surface area contributed by atoms with Crippen LogP contribution in [0.3, 0.4) is 0 Å². The molecule has 2 atom stereocenters. The Kier molecular flexibility index (Phi) is 2.27. The van der Waals surface area contributed by atoms with Crippen LogP contribution in [0.1, 0.15) is 19.3 Å².